The van der Waals surface area contributed by atoms with Crippen LogP contribution in [0.15, 0.2) is 18.5 Å². The largest absolute Gasteiger partial charge is 0.475 e. The van der Waals surface area contributed by atoms with Crippen LogP contribution in [0.25, 0.3) is 0 Å². The maximum absolute atomic E-state index is 12.2. The van der Waals surface area contributed by atoms with E-state index in [1.54, 1.807) is 11.6 Å². The molecule has 0 spiro atoms. The van der Waals surface area contributed by atoms with E-state index in [2.05, 4.69) is 15.5 Å². The Morgan fingerprint density at radius 3 is 2.78 bits per heavy atom. The van der Waals surface area contributed by atoms with Crippen molar-refractivity contribution < 1.29 is 14.5 Å². The maximum Gasteiger partial charge on any atom is 0.350 e. The molecule has 0 aromatic carbocycles. The fraction of sp³-hybridized carbons (Fsp3) is 0.462. The molecule has 2 rings (SSSR count). The van der Waals surface area contributed by atoms with Gasteiger partial charge in [-0.25, -0.2) is 4.68 Å². The second-order valence-electron chi connectivity index (χ2n) is 4.82. The first-order valence-electron chi connectivity index (χ1n) is 7.03. The van der Waals surface area contributed by atoms with Crippen molar-refractivity contribution in [2.45, 2.75) is 33.0 Å². The van der Waals surface area contributed by atoms with Crippen LogP contribution >= 0.6 is 0 Å². The van der Waals surface area contributed by atoms with Crippen LogP contribution in [0.4, 0.5) is 5.69 Å². The number of nitrogens with one attached hydrogen (secondary N) is 1. The Morgan fingerprint density at radius 1 is 1.52 bits per heavy atom. The molecule has 0 fully saturated rings. The summed E-state index contributed by atoms with van der Waals surface area (Å²) in [6.07, 6.45) is 3.00. The first kappa shape index (κ1) is 16.5. The lowest BCUT2D eigenvalue weighted by Gasteiger charge is -2.11. The van der Waals surface area contributed by atoms with Crippen molar-refractivity contribution in [3.05, 3.63) is 34.3 Å². The molecule has 0 radical (unpaired) electrons. The van der Waals surface area contributed by atoms with E-state index in [0.29, 0.717) is 0 Å². The number of carbonyl (C=O) groups is 1. The first-order valence-corrected chi connectivity index (χ1v) is 7.03. The molecule has 2 aromatic rings. The Kier molecular flexibility index (Phi) is 4.94. The van der Waals surface area contributed by atoms with Gasteiger partial charge in [-0.2, -0.15) is 5.10 Å². The number of aromatic nitrogens is 4. The molecule has 0 aliphatic heterocycles. The van der Waals surface area contributed by atoms with Crippen LogP contribution in [0.3, 0.4) is 0 Å². The zero-order valence-electron chi connectivity index (χ0n) is 13.1. The minimum atomic E-state index is -0.717. The number of carbonyl (C=O) groups excluding carboxylic acids is 1. The summed E-state index contributed by atoms with van der Waals surface area (Å²) in [5.41, 5.74) is 0.449. The van der Waals surface area contributed by atoms with E-state index < -0.39 is 11.0 Å². The van der Waals surface area contributed by atoms with Gasteiger partial charge in [0.1, 0.15) is 12.2 Å². The third kappa shape index (κ3) is 3.65. The average Bonchev–Trinajstić information content (AvgIpc) is 3.18. The van der Waals surface area contributed by atoms with Crippen molar-refractivity contribution in [1.82, 2.24) is 24.9 Å². The molecule has 2 heterocycles. The number of methoxy groups -OCH3 is 1. The minimum absolute atomic E-state index is 0.128. The summed E-state index contributed by atoms with van der Waals surface area (Å²) in [4.78, 5) is 22.4. The Morgan fingerprint density at radius 2 is 2.26 bits per heavy atom. The minimum Gasteiger partial charge on any atom is -0.475 e. The van der Waals surface area contributed by atoms with Crippen LogP contribution in [-0.2, 0) is 17.9 Å². The maximum atomic E-state index is 12.2. The van der Waals surface area contributed by atoms with Crippen LogP contribution in [0.2, 0.25) is 0 Å². The van der Waals surface area contributed by atoms with Crippen LogP contribution in [0.1, 0.15) is 25.6 Å². The molecule has 1 amide bonds. The standard InChI is InChI=1S/C13H18N6O4/c1-4-17-6-5-10(15-17)7-14-12(20)9(2)18-8-11(19(21)22)13(16-18)23-3/h5-6,8-9H,4,7H2,1-3H3,(H,14,20). The Hall–Kier alpha value is -2.91. The quantitative estimate of drug-likeness (QED) is 0.597. The molecular formula is C13H18N6O4. The third-order valence-corrected chi connectivity index (χ3v) is 3.31. The van der Waals surface area contributed by atoms with Crippen molar-refractivity contribution in [2.24, 2.45) is 0 Å². The van der Waals surface area contributed by atoms with Gasteiger partial charge in [-0.05, 0) is 19.9 Å². The predicted molar refractivity (Wildman–Crippen MR) is 79.9 cm³/mol. The fourth-order valence-corrected chi connectivity index (χ4v) is 1.95. The number of hydrogen-bond donors (Lipinski definition) is 1. The number of nitrogens with zero attached hydrogens (tertiary/aromatic N) is 5. The molecule has 1 unspecified atom stereocenters. The Labute approximate surface area is 132 Å². The number of nitro groups is 1. The number of hydrogen-bond acceptors (Lipinski definition) is 6. The number of aryl methyl sites for hydroxylation is 1. The van der Waals surface area contributed by atoms with Crippen LogP contribution < -0.4 is 10.1 Å². The molecule has 0 aliphatic carbocycles. The molecule has 10 heteroatoms. The summed E-state index contributed by atoms with van der Waals surface area (Å²) < 4.78 is 7.81. The Balaban J connectivity index is 2.03. The molecule has 23 heavy (non-hydrogen) atoms. The highest BCUT2D eigenvalue weighted by Gasteiger charge is 2.25. The molecule has 0 saturated heterocycles. The summed E-state index contributed by atoms with van der Waals surface area (Å²) in [6.45, 7) is 4.59. The molecule has 0 saturated carbocycles. The molecule has 0 bridgehead atoms. The molecule has 124 valence electrons. The van der Waals surface area contributed by atoms with E-state index in [1.165, 1.54) is 18.0 Å². The summed E-state index contributed by atoms with van der Waals surface area (Å²) in [5.74, 6) is -0.451. The van der Waals surface area contributed by atoms with E-state index in [0.717, 1.165) is 12.2 Å². The number of rotatable bonds is 7. The van der Waals surface area contributed by atoms with Gasteiger partial charge in [0.15, 0.2) is 0 Å². The highest BCUT2D eigenvalue weighted by Crippen LogP contribution is 2.25. The lowest BCUT2D eigenvalue weighted by Crippen LogP contribution is -2.31. The van der Waals surface area contributed by atoms with Gasteiger partial charge in [-0.3, -0.25) is 19.6 Å². The fourth-order valence-electron chi connectivity index (χ4n) is 1.95. The van der Waals surface area contributed by atoms with Gasteiger partial charge in [-0.15, -0.1) is 5.10 Å². The third-order valence-electron chi connectivity index (χ3n) is 3.31. The lowest BCUT2D eigenvalue weighted by atomic mass is 10.3. The second-order valence-corrected chi connectivity index (χ2v) is 4.82. The smallest absolute Gasteiger partial charge is 0.350 e. The van der Waals surface area contributed by atoms with E-state index in [-0.39, 0.29) is 24.0 Å². The van der Waals surface area contributed by atoms with Gasteiger partial charge in [0.2, 0.25) is 5.91 Å². The van der Waals surface area contributed by atoms with Gasteiger partial charge >= 0.3 is 11.6 Å². The van der Waals surface area contributed by atoms with Crippen molar-refractivity contribution in [3.8, 4) is 5.88 Å². The van der Waals surface area contributed by atoms with Crippen LogP contribution in [0.5, 0.6) is 5.88 Å². The summed E-state index contributed by atoms with van der Waals surface area (Å²) in [5, 5.41) is 21.8. The van der Waals surface area contributed by atoms with E-state index >= 15 is 0 Å². The van der Waals surface area contributed by atoms with E-state index in [9.17, 15) is 14.9 Å². The molecule has 10 nitrogen and oxygen atoms in total. The van der Waals surface area contributed by atoms with Gasteiger partial charge < -0.3 is 10.1 Å². The summed E-state index contributed by atoms with van der Waals surface area (Å²) >= 11 is 0. The lowest BCUT2D eigenvalue weighted by molar-refractivity contribution is -0.385. The molecular weight excluding hydrogens is 304 g/mol. The highest BCUT2D eigenvalue weighted by molar-refractivity contribution is 5.79. The topological polar surface area (TPSA) is 117 Å². The monoisotopic (exact) mass is 322 g/mol. The average molecular weight is 322 g/mol. The second kappa shape index (κ2) is 6.90. The molecule has 0 aliphatic rings. The van der Waals surface area contributed by atoms with Crippen molar-refractivity contribution in [1.29, 1.82) is 0 Å². The van der Waals surface area contributed by atoms with Gasteiger partial charge in [-0.1, -0.05) is 0 Å². The summed E-state index contributed by atoms with van der Waals surface area (Å²) in [7, 11) is 1.29. The van der Waals surface area contributed by atoms with Crippen LogP contribution in [0, 0.1) is 10.1 Å². The molecule has 2 aromatic heterocycles. The highest BCUT2D eigenvalue weighted by atomic mass is 16.6. The van der Waals surface area contributed by atoms with E-state index in [1.807, 2.05) is 19.2 Å². The van der Waals surface area contributed by atoms with Crippen molar-refractivity contribution >= 4 is 11.6 Å². The van der Waals surface area contributed by atoms with Gasteiger partial charge in [0.25, 0.3) is 0 Å². The zero-order valence-corrected chi connectivity index (χ0v) is 13.1. The zero-order chi connectivity index (χ0) is 17.0. The molecule has 1 atom stereocenters. The van der Waals surface area contributed by atoms with E-state index in [4.69, 9.17) is 4.74 Å². The molecule has 1 N–H and O–H groups in total. The predicted octanol–water partition coefficient (Wildman–Crippen LogP) is 0.894. The number of ether oxygens (including phenoxy) is 1. The SMILES string of the molecule is CCn1ccc(CNC(=O)C(C)n2cc([N+](=O)[O-])c(OC)n2)n1. The summed E-state index contributed by atoms with van der Waals surface area (Å²) in [6, 6.07) is 1.10. The van der Waals surface area contributed by atoms with Gasteiger partial charge in [0.05, 0.1) is 24.3 Å². The number of amides is 1. The van der Waals surface area contributed by atoms with Gasteiger partial charge in [0, 0.05) is 12.7 Å². The van der Waals surface area contributed by atoms with Crippen molar-refractivity contribution in [3.63, 3.8) is 0 Å². The Bertz CT molecular complexity index is 707. The first-order chi connectivity index (χ1) is 11.0. The van der Waals surface area contributed by atoms with Crippen LogP contribution in [-0.4, -0.2) is 37.5 Å². The normalized spacial score (nSPS) is 12.0. The van der Waals surface area contributed by atoms with Crippen molar-refractivity contribution in [2.75, 3.05) is 7.11 Å².